The number of rotatable bonds is 26. The zero-order chi connectivity index (χ0) is 45.4. The molecule has 0 saturated heterocycles. The van der Waals surface area contributed by atoms with E-state index in [0.29, 0.717) is 67.4 Å². The number of phosphoric ester groups is 1. The molecule has 5 rings (SSSR count). The van der Waals surface area contributed by atoms with Crippen LogP contribution in [0.2, 0.25) is 0 Å². The number of carbonyl (C=O) groups is 3. The van der Waals surface area contributed by atoms with Gasteiger partial charge in [-0.2, -0.15) is 0 Å². The Hall–Kier alpha value is -5.27. The summed E-state index contributed by atoms with van der Waals surface area (Å²) in [6.45, 7) is -0.703. The number of aliphatic hydroxyl groups is 1. The number of carboxylic acid groups (broad SMARTS) is 1. The van der Waals surface area contributed by atoms with Gasteiger partial charge in [-0.3, -0.25) is 23.4 Å². The molecule has 19 heteroatoms. The van der Waals surface area contributed by atoms with Crippen molar-refractivity contribution in [2.45, 2.75) is 76.4 Å². The predicted molar refractivity (Wildman–Crippen MR) is 232 cm³/mol. The summed E-state index contributed by atoms with van der Waals surface area (Å²) in [5.41, 5.74) is 0.715. The third-order valence-corrected chi connectivity index (χ3v) is 12.0. The summed E-state index contributed by atoms with van der Waals surface area (Å²) in [6.07, 6.45) is 15.1. The van der Waals surface area contributed by atoms with E-state index in [1.165, 1.54) is 48.5 Å². The Morgan fingerprint density at radius 3 is 2.51 bits per heavy atom. The Morgan fingerprint density at radius 1 is 1.00 bits per heavy atom. The van der Waals surface area contributed by atoms with Crippen molar-refractivity contribution in [1.82, 2.24) is 10.6 Å². The molecule has 336 valence electrons. The number of hydrogen-bond donors (Lipinski definition) is 6. The Balaban J connectivity index is 0.996. The number of amides is 2. The zero-order valence-corrected chi connectivity index (χ0v) is 36.2. The molecule has 2 aliphatic carbocycles. The fourth-order valence-corrected chi connectivity index (χ4v) is 8.43. The van der Waals surface area contributed by atoms with Crippen LogP contribution in [0.5, 0.6) is 5.75 Å². The number of allylic oxidation sites excluding steroid dienone is 2. The van der Waals surface area contributed by atoms with Gasteiger partial charge >= 0.3 is 22.0 Å². The lowest BCUT2D eigenvalue weighted by Gasteiger charge is -2.30. The smallest absolute Gasteiger partial charge is 0.508 e. The standard InChI is InChI=1S/C44H50N2O15P2/c1-2-3-4-9-20-58-63(55,56)59-21-10-7-5-6-8-11-29-22-34(23-29)61-62(54)57-28-31(27-47)46-41(50)18-19-45-43(51)30-12-15-35(44(52)53)38(24-30)42-36-16-13-32(48)25-39(36)60-40-26-33(49)14-17-37(40)42/h1,5-6,12-17,24-26,29,31,34,47H,3-4,7-11,18-23,27-28H2,(H4-,45,46,48,49,50,51,52,53,55,56)/p+1/b6-5+. The van der Waals surface area contributed by atoms with Crippen LogP contribution in [0, 0.1) is 18.3 Å². The fourth-order valence-electron chi connectivity index (χ4n) is 6.85. The summed E-state index contributed by atoms with van der Waals surface area (Å²) < 4.78 is 50.8. The average molecular weight is 910 g/mol. The van der Waals surface area contributed by atoms with Gasteiger partial charge in [0.2, 0.25) is 5.91 Å². The number of phenols is 1. The Labute approximate surface area is 364 Å². The average Bonchev–Trinajstić information content (AvgIpc) is 3.23. The Kier molecular flexibility index (Phi) is 18.6. The molecule has 6 N–H and O–H groups in total. The van der Waals surface area contributed by atoms with Crippen LogP contribution in [-0.4, -0.2) is 83.1 Å². The lowest BCUT2D eigenvalue weighted by molar-refractivity contribution is -0.122. The highest BCUT2D eigenvalue weighted by molar-refractivity contribution is 7.47. The summed E-state index contributed by atoms with van der Waals surface area (Å²) in [4.78, 5) is 60.2. The molecule has 1 aliphatic heterocycles. The molecule has 2 aromatic rings. The highest BCUT2D eigenvalue weighted by atomic mass is 31.2. The number of carboxylic acids is 1. The van der Waals surface area contributed by atoms with Gasteiger partial charge in [0.15, 0.2) is 5.43 Å². The quantitative estimate of drug-likeness (QED) is 0.0121. The number of terminal acetylenes is 1. The van der Waals surface area contributed by atoms with Crippen LogP contribution in [-0.2, 0) is 32.0 Å². The van der Waals surface area contributed by atoms with E-state index in [1.807, 2.05) is 12.2 Å². The third kappa shape index (κ3) is 14.9. The maximum Gasteiger partial charge on any atom is 0.697 e. The molecular weight excluding hydrogens is 858 g/mol. The molecule has 1 saturated carbocycles. The molecule has 0 bridgehead atoms. The highest BCUT2D eigenvalue weighted by Gasteiger charge is 2.38. The molecule has 63 heavy (non-hydrogen) atoms. The molecule has 0 aromatic heterocycles. The number of fused-ring (bicyclic) bond motifs is 2. The van der Waals surface area contributed by atoms with E-state index in [0.717, 1.165) is 12.8 Å². The van der Waals surface area contributed by atoms with Gasteiger partial charge in [0, 0.05) is 58.2 Å². The first kappa shape index (κ1) is 48.8. The van der Waals surface area contributed by atoms with Gasteiger partial charge in [0.05, 0.1) is 31.4 Å². The first-order valence-electron chi connectivity index (χ1n) is 20.5. The highest BCUT2D eigenvalue weighted by Crippen LogP contribution is 2.44. The van der Waals surface area contributed by atoms with Crippen molar-refractivity contribution < 1.29 is 66.2 Å². The number of phenolic OH excluding ortho intramolecular Hbond substituents is 1. The second kappa shape index (κ2) is 24.0. The Bertz CT molecular complexity index is 2390. The lowest BCUT2D eigenvalue weighted by atomic mass is 9.79. The van der Waals surface area contributed by atoms with E-state index < -0.39 is 46.5 Å². The molecule has 2 amide bonds. The summed E-state index contributed by atoms with van der Waals surface area (Å²) in [6, 6.07) is 11.4. The number of aromatic carboxylic acids is 1. The van der Waals surface area contributed by atoms with Crippen molar-refractivity contribution in [1.29, 1.82) is 0 Å². The fraction of sp³-hybridized carbons (Fsp3) is 0.409. The number of carbonyl (C=O) groups excluding carboxylic acids is 2. The van der Waals surface area contributed by atoms with Crippen LogP contribution in [0.15, 0.2) is 76.0 Å². The normalized spacial score (nSPS) is 16.6. The molecule has 0 spiro atoms. The van der Waals surface area contributed by atoms with Crippen LogP contribution < -0.4 is 16.1 Å². The molecule has 2 aromatic carbocycles. The van der Waals surface area contributed by atoms with E-state index in [1.54, 1.807) is 6.07 Å². The maximum atomic E-state index is 13.3. The summed E-state index contributed by atoms with van der Waals surface area (Å²) >= 11 is 0. The Morgan fingerprint density at radius 2 is 1.76 bits per heavy atom. The van der Waals surface area contributed by atoms with Gasteiger partial charge in [-0.1, -0.05) is 12.2 Å². The van der Waals surface area contributed by atoms with E-state index >= 15 is 0 Å². The second-order valence-electron chi connectivity index (χ2n) is 14.9. The lowest BCUT2D eigenvalue weighted by Crippen LogP contribution is -2.41. The zero-order valence-electron chi connectivity index (χ0n) is 34.4. The number of phosphoric acid groups is 1. The van der Waals surface area contributed by atoms with Gasteiger partial charge < -0.3 is 35.3 Å². The van der Waals surface area contributed by atoms with Crippen molar-refractivity contribution >= 4 is 44.8 Å². The molecule has 1 fully saturated rings. The molecule has 0 radical (unpaired) electrons. The topological polar surface area (TPSA) is 257 Å². The van der Waals surface area contributed by atoms with Crippen molar-refractivity contribution in [2.24, 2.45) is 5.92 Å². The second-order valence-corrected chi connectivity index (χ2v) is 17.3. The number of hydrogen-bond acceptors (Lipinski definition) is 13. The molecule has 3 atom stereocenters. The minimum Gasteiger partial charge on any atom is -0.508 e. The van der Waals surface area contributed by atoms with Crippen LogP contribution in [0.1, 0.15) is 84.9 Å². The van der Waals surface area contributed by atoms with Crippen molar-refractivity contribution in [3.8, 4) is 40.5 Å². The summed E-state index contributed by atoms with van der Waals surface area (Å²) in [5.74, 6) is 0.522. The first-order chi connectivity index (χ1) is 30.3. The molecule has 1 heterocycles. The van der Waals surface area contributed by atoms with Crippen LogP contribution in [0.3, 0.4) is 0 Å². The number of aliphatic hydroxyl groups excluding tert-OH is 1. The molecule has 3 aliphatic rings. The number of aromatic hydroxyl groups is 1. The van der Waals surface area contributed by atoms with Gasteiger partial charge in [-0.05, 0) is 105 Å². The minimum absolute atomic E-state index is 0.0835. The van der Waals surface area contributed by atoms with E-state index in [4.69, 9.17) is 28.9 Å². The van der Waals surface area contributed by atoms with Gasteiger partial charge in [0.1, 0.15) is 29.8 Å². The number of nitrogens with one attached hydrogen (secondary N) is 2. The van der Waals surface area contributed by atoms with E-state index in [-0.39, 0.29) is 78.1 Å². The van der Waals surface area contributed by atoms with Crippen molar-refractivity contribution in [3.63, 3.8) is 0 Å². The molecule has 17 nitrogen and oxygen atoms in total. The largest absolute Gasteiger partial charge is 0.697 e. The summed E-state index contributed by atoms with van der Waals surface area (Å²) in [7, 11) is -6.57. The number of unbranched alkanes of at least 4 members (excludes halogenated alkanes) is 3. The first-order valence-corrected chi connectivity index (χ1v) is 23.1. The third-order valence-electron chi connectivity index (χ3n) is 10.1. The van der Waals surface area contributed by atoms with Crippen LogP contribution >= 0.6 is 16.1 Å². The monoisotopic (exact) mass is 909 g/mol. The van der Waals surface area contributed by atoms with Gasteiger partial charge in [-0.25, -0.2) is 9.36 Å². The van der Waals surface area contributed by atoms with Crippen LogP contribution in [0.4, 0.5) is 0 Å². The molecule has 3 unspecified atom stereocenters. The van der Waals surface area contributed by atoms with E-state index in [2.05, 4.69) is 16.6 Å². The van der Waals surface area contributed by atoms with Crippen LogP contribution in [0.25, 0.3) is 33.4 Å². The predicted octanol–water partition coefficient (Wildman–Crippen LogP) is 7.09. The SMILES string of the molecule is C#CCCCCOP(=O)(O)OCCC/C=C/CCC1CC(O[P+](=O)OCC(CO)NC(=O)CCNC(=O)c2ccc(C(=O)O)c(-c3c4ccc(=O)cc-4oc4cc(O)ccc34)c2)C1. The van der Waals surface area contributed by atoms with Gasteiger partial charge in [0.25, 0.3) is 5.91 Å². The van der Waals surface area contributed by atoms with Crippen molar-refractivity contribution in [2.75, 3.05) is 33.0 Å². The maximum absolute atomic E-state index is 13.3. The number of benzene rings is 3. The van der Waals surface area contributed by atoms with Crippen molar-refractivity contribution in [3.05, 3.63) is 88.1 Å². The molecular formula is C44H51N2O15P2+. The summed E-state index contributed by atoms with van der Waals surface area (Å²) in [5, 5.41) is 35.6. The van der Waals surface area contributed by atoms with Gasteiger partial charge in [-0.15, -0.1) is 21.4 Å². The minimum atomic E-state index is -4.06. The van der Waals surface area contributed by atoms with E-state index in [9.17, 15) is 48.5 Å².